The molecule has 0 aromatic heterocycles. The van der Waals surface area contributed by atoms with E-state index < -0.39 is 0 Å². The number of rotatable bonds is 9. The Morgan fingerprint density at radius 2 is 2.04 bits per heavy atom. The fourth-order valence-corrected chi connectivity index (χ4v) is 3.45. The molecule has 1 saturated heterocycles. The summed E-state index contributed by atoms with van der Waals surface area (Å²) in [6, 6.07) is 6.87. The maximum absolute atomic E-state index is 5.66. The molecular formula is C22H38N4O2. The molecule has 1 aliphatic rings. The van der Waals surface area contributed by atoms with E-state index in [1.807, 2.05) is 7.05 Å². The van der Waals surface area contributed by atoms with Crippen molar-refractivity contribution in [1.82, 2.24) is 15.5 Å². The first kappa shape index (κ1) is 22.5. The van der Waals surface area contributed by atoms with Gasteiger partial charge in [0.2, 0.25) is 0 Å². The zero-order chi connectivity index (χ0) is 20.4. The highest BCUT2D eigenvalue weighted by Crippen LogP contribution is 2.19. The summed E-state index contributed by atoms with van der Waals surface area (Å²) in [5.74, 6) is 1.84. The van der Waals surface area contributed by atoms with Gasteiger partial charge in [-0.05, 0) is 57.2 Å². The maximum Gasteiger partial charge on any atom is 0.191 e. The van der Waals surface area contributed by atoms with Gasteiger partial charge in [-0.3, -0.25) is 4.99 Å². The molecule has 0 unspecified atom stereocenters. The van der Waals surface area contributed by atoms with Gasteiger partial charge in [-0.15, -0.1) is 0 Å². The molecule has 1 heterocycles. The number of benzene rings is 1. The molecule has 0 atom stereocenters. The van der Waals surface area contributed by atoms with E-state index in [1.165, 1.54) is 11.1 Å². The second kappa shape index (κ2) is 11.9. The number of nitrogens with one attached hydrogen (secondary N) is 2. The third-order valence-corrected chi connectivity index (χ3v) is 5.19. The topological polar surface area (TPSA) is 58.1 Å². The van der Waals surface area contributed by atoms with E-state index in [4.69, 9.17) is 9.47 Å². The van der Waals surface area contributed by atoms with Crippen LogP contribution in [0.3, 0.4) is 0 Å². The van der Waals surface area contributed by atoms with Crippen LogP contribution in [0.2, 0.25) is 0 Å². The Kier molecular flexibility index (Phi) is 9.58. The van der Waals surface area contributed by atoms with E-state index in [1.54, 1.807) is 7.11 Å². The van der Waals surface area contributed by atoms with Crippen molar-refractivity contribution in [2.24, 2.45) is 4.99 Å². The van der Waals surface area contributed by atoms with Gasteiger partial charge in [0.05, 0.1) is 19.8 Å². The summed E-state index contributed by atoms with van der Waals surface area (Å²) in [5.41, 5.74) is 2.43. The van der Waals surface area contributed by atoms with Crippen molar-refractivity contribution in [1.29, 1.82) is 0 Å². The molecule has 1 aromatic rings. The van der Waals surface area contributed by atoms with Crippen LogP contribution in [0.25, 0.3) is 0 Å². The van der Waals surface area contributed by atoms with Crippen molar-refractivity contribution < 1.29 is 9.47 Å². The third-order valence-electron chi connectivity index (χ3n) is 5.19. The third kappa shape index (κ3) is 7.68. The van der Waals surface area contributed by atoms with Crippen molar-refractivity contribution in [3.8, 4) is 5.75 Å². The molecule has 2 rings (SSSR count). The predicted octanol–water partition coefficient (Wildman–Crippen LogP) is 2.60. The number of methoxy groups -OCH3 is 1. The number of aryl methyl sites for hydroxylation is 1. The van der Waals surface area contributed by atoms with Crippen molar-refractivity contribution >= 4 is 5.96 Å². The SMILES string of the molecule is CN=C(NCCc1ccc(C)c(OC)c1)NC1CCN(CCOC(C)C)CC1. The summed E-state index contributed by atoms with van der Waals surface area (Å²) in [4.78, 5) is 6.87. The van der Waals surface area contributed by atoms with Crippen LogP contribution in [0.4, 0.5) is 0 Å². The molecule has 2 N–H and O–H groups in total. The molecule has 6 nitrogen and oxygen atoms in total. The van der Waals surface area contributed by atoms with E-state index in [0.29, 0.717) is 12.1 Å². The van der Waals surface area contributed by atoms with Gasteiger partial charge < -0.3 is 25.0 Å². The summed E-state index contributed by atoms with van der Waals surface area (Å²) < 4.78 is 11.1. The van der Waals surface area contributed by atoms with Gasteiger partial charge in [0.15, 0.2) is 5.96 Å². The van der Waals surface area contributed by atoms with E-state index in [-0.39, 0.29) is 0 Å². The minimum atomic E-state index is 0.314. The Labute approximate surface area is 170 Å². The van der Waals surface area contributed by atoms with Crippen LogP contribution in [-0.2, 0) is 11.2 Å². The Balaban J connectivity index is 1.68. The predicted molar refractivity (Wildman–Crippen MR) is 116 cm³/mol. The van der Waals surface area contributed by atoms with E-state index in [0.717, 1.165) is 63.8 Å². The van der Waals surface area contributed by atoms with Crippen molar-refractivity contribution in [2.45, 2.75) is 52.2 Å². The highest BCUT2D eigenvalue weighted by molar-refractivity contribution is 5.79. The maximum atomic E-state index is 5.66. The molecule has 0 radical (unpaired) electrons. The lowest BCUT2D eigenvalue weighted by atomic mass is 10.1. The van der Waals surface area contributed by atoms with Gasteiger partial charge >= 0.3 is 0 Å². The fraction of sp³-hybridized carbons (Fsp3) is 0.682. The smallest absolute Gasteiger partial charge is 0.191 e. The van der Waals surface area contributed by atoms with Gasteiger partial charge in [-0.2, -0.15) is 0 Å². The zero-order valence-electron chi connectivity index (χ0n) is 18.3. The highest BCUT2D eigenvalue weighted by atomic mass is 16.5. The number of piperidine rings is 1. The van der Waals surface area contributed by atoms with Crippen LogP contribution >= 0.6 is 0 Å². The lowest BCUT2D eigenvalue weighted by molar-refractivity contribution is 0.0532. The van der Waals surface area contributed by atoms with Gasteiger partial charge in [0, 0.05) is 39.3 Å². The largest absolute Gasteiger partial charge is 0.496 e. The number of hydrogen-bond acceptors (Lipinski definition) is 4. The number of likely N-dealkylation sites (tertiary alicyclic amines) is 1. The Hall–Kier alpha value is -1.79. The summed E-state index contributed by atoms with van der Waals surface area (Å²) in [5, 5.41) is 7.01. The van der Waals surface area contributed by atoms with Crippen molar-refractivity contribution in [3.63, 3.8) is 0 Å². The van der Waals surface area contributed by atoms with E-state index in [9.17, 15) is 0 Å². The molecule has 1 aromatic carbocycles. The number of guanidine groups is 1. The first-order chi connectivity index (χ1) is 13.5. The average Bonchev–Trinajstić information content (AvgIpc) is 2.69. The summed E-state index contributed by atoms with van der Waals surface area (Å²) in [7, 11) is 3.56. The Morgan fingerprint density at radius 3 is 2.68 bits per heavy atom. The summed E-state index contributed by atoms with van der Waals surface area (Å²) >= 11 is 0. The highest BCUT2D eigenvalue weighted by Gasteiger charge is 2.19. The van der Waals surface area contributed by atoms with E-state index in [2.05, 4.69) is 59.5 Å². The van der Waals surface area contributed by atoms with Crippen LogP contribution in [0.1, 0.15) is 37.8 Å². The lowest BCUT2D eigenvalue weighted by Crippen LogP contribution is -2.49. The van der Waals surface area contributed by atoms with Crippen LogP contribution in [0.5, 0.6) is 5.75 Å². The van der Waals surface area contributed by atoms with Gasteiger partial charge in [0.25, 0.3) is 0 Å². The number of nitrogens with zero attached hydrogens (tertiary/aromatic N) is 2. The first-order valence-corrected chi connectivity index (χ1v) is 10.5. The normalized spacial score (nSPS) is 16.4. The lowest BCUT2D eigenvalue weighted by Gasteiger charge is -2.33. The molecule has 0 aliphatic carbocycles. The van der Waals surface area contributed by atoms with Gasteiger partial charge in [0.1, 0.15) is 5.75 Å². The second-order valence-corrected chi connectivity index (χ2v) is 7.73. The Bertz CT molecular complexity index is 611. The molecular weight excluding hydrogens is 352 g/mol. The molecule has 6 heteroatoms. The molecule has 0 spiro atoms. The van der Waals surface area contributed by atoms with Gasteiger partial charge in [-0.1, -0.05) is 12.1 Å². The van der Waals surface area contributed by atoms with Crippen LogP contribution in [-0.4, -0.2) is 69.9 Å². The molecule has 1 aliphatic heterocycles. The number of aliphatic imine (C=N–C) groups is 1. The zero-order valence-corrected chi connectivity index (χ0v) is 18.3. The van der Waals surface area contributed by atoms with E-state index >= 15 is 0 Å². The molecule has 0 bridgehead atoms. The standard InChI is InChI=1S/C22H38N4O2/c1-17(2)28-15-14-26-12-9-20(10-13-26)25-22(23-4)24-11-8-19-7-6-18(3)21(16-19)27-5/h6-7,16-17,20H,8-15H2,1-5H3,(H2,23,24,25). The van der Waals surface area contributed by atoms with Gasteiger partial charge in [-0.25, -0.2) is 0 Å². The Morgan fingerprint density at radius 1 is 1.29 bits per heavy atom. The van der Waals surface area contributed by atoms with Crippen molar-refractivity contribution in [3.05, 3.63) is 29.3 Å². The minimum Gasteiger partial charge on any atom is -0.496 e. The number of ether oxygens (including phenoxy) is 2. The second-order valence-electron chi connectivity index (χ2n) is 7.73. The average molecular weight is 391 g/mol. The molecule has 28 heavy (non-hydrogen) atoms. The summed E-state index contributed by atoms with van der Waals surface area (Å²) in [6.45, 7) is 11.2. The fourth-order valence-electron chi connectivity index (χ4n) is 3.45. The van der Waals surface area contributed by atoms with Crippen LogP contribution in [0.15, 0.2) is 23.2 Å². The minimum absolute atomic E-state index is 0.314. The molecule has 158 valence electrons. The van der Waals surface area contributed by atoms with Crippen molar-refractivity contribution in [2.75, 3.05) is 46.9 Å². The molecule has 1 fully saturated rings. The monoisotopic (exact) mass is 390 g/mol. The molecule has 0 amide bonds. The number of hydrogen-bond donors (Lipinski definition) is 2. The first-order valence-electron chi connectivity index (χ1n) is 10.5. The molecule has 0 saturated carbocycles. The summed E-state index contributed by atoms with van der Waals surface area (Å²) in [6.07, 6.45) is 3.52. The van der Waals surface area contributed by atoms with Crippen LogP contribution in [0, 0.1) is 6.92 Å². The van der Waals surface area contributed by atoms with Crippen LogP contribution < -0.4 is 15.4 Å². The quantitative estimate of drug-likeness (QED) is 0.501.